The van der Waals surface area contributed by atoms with E-state index in [1.165, 1.54) is 0 Å². The number of aryl methyl sites for hydroxylation is 2. The lowest BCUT2D eigenvalue weighted by Crippen LogP contribution is -2.11. The summed E-state index contributed by atoms with van der Waals surface area (Å²) in [6.45, 7) is 9.33. The molecule has 0 bridgehead atoms. The number of benzene rings is 2. The van der Waals surface area contributed by atoms with Gasteiger partial charge in [-0.05, 0) is 75.2 Å². The van der Waals surface area contributed by atoms with E-state index >= 15 is 0 Å². The van der Waals surface area contributed by atoms with Crippen molar-refractivity contribution in [1.82, 2.24) is 0 Å². The number of ether oxygens (including phenoxy) is 2. The number of anilines is 1. The van der Waals surface area contributed by atoms with Gasteiger partial charge in [0.1, 0.15) is 18.1 Å². The quantitative estimate of drug-likeness (QED) is 0.703. The molecule has 0 aromatic heterocycles. The van der Waals surface area contributed by atoms with Crippen LogP contribution in [0.15, 0.2) is 36.4 Å². The molecule has 0 atom stereocenters. The van der Waals surface area contributed by atoms with Gasteiger partial charge in [-0.3, -0.25) is 0 Å². The molecule has 0 radical (unpaired) electrons. The number of hydrogen-bond acceptors (Lipinski definition) is 3. The van der Waals surface area contributed by atoms with Gasteiger partial charge in [0, 0.05) is 17.3 Å². The third kappa shape index (κ3) is 5.36. The van der Waals surface area contributed by atoms with Crippen LogP contribution in [0.5, 0.6) is 11.5 Å². The molecule has 0 saturated carbocycles. The Bertz CT molecular complexity index is 615. The second-order valence-electron chi connectivity index (χ2n) is 5.84. The molecule has 0 aliphatic rings. The highest BCUT2D eigenvalue weighted by Gasteiger charge is 2.03. The summed E-state index contributed by atoms with van der Waals surface area (Å²) in [6, 6.07) is 11.9. The summed E-state index contributed by atoms with van der Waals surface area (Å²) < 4.78 is 11.4. The molecule has 2 aromatic carbocycles. The molecular weight excluding hydrogens is 310 g/mol. The summed E-state index contributed by atoms with van der Waals surface area (Å²) in [5.74, 6) is 1.74. The predicted molar refractivity (Wildman–Crippen MR) is 97.1 cm³/mol. The average molecular weight is 334 g/mol. The van der Waals surface area contributed by atoms with Crippen LogP contribution >= 0.6 is 11.6 Å². The van der Waals surface area contributed by atoms with Crippen LogP contribution in [0.1, 0.15) is 25.0 Å². The zero-order valence-corrected chi connectivity index (χ0v) is 14.9. The lowest BCUT2D eigenvalue weighted by Gasteiger charge is -2.12. The molecule has 124 valence electrons. The summed E-state index contributed by atoms with van der Waals surface area (Å²) in [5.41, 5.74) is 3.12. The Morgan fingerprint density at radius 2 is 1.61 bits per heavy atom. The zero-order valence-electron chi connectivity index (χ0n) is 14.2. The largest absolute Gasteiger partial charge is 0.492 e. The number of halogens is 1. The van der Waals surface area contributed by atoms with Crippen molar-refractivity contribution < 1.29 is 9.47 Å². The second kappa shape index (κ2) is 8.11. The molecule has 2 rings (SSSR count). The Kier molecular flexibility index (Phi) is 6.17. The molecule has 23 heavy (non-hydrogen) atoms. The Morgan fingerprint density at radius 3 is 2.17 bits per heavy atom. The summed E-state index contributed by atoms with van der Waals surface area (Å²) in [6.07, 6.45) is 0.188. The lowest BCUT2D eigenvalue weighted by molar-refractivity contribution is 0.242. The van der Waals surface area contributed by atoms with Gasteiger partial charge in [0.2, 0.25) is 0 Å². The Hall–Kier alpha value is -1.87. The Morgan fingerprint density at radius 1 is 1.00 bits per heavy atom. The van der Waals surface area contributed by atoms with E-state index in [0.717, 1.165) is 39.9 Å². The maximum absolute atomic E-state index is 6.16. The van der Waals surface area contributed by atoms with Crippen molar-refractivity contribution in [3.63, 3.8) is 0 Å². The maximum atomic E-state index is 6.16. The molecule has 0 amide bonds. The van der Waals surface area contributed by atoms with Gasteiger partial charge >= 0.3 is 0 Å². The van der Waals surface area contributed by atoms with E-state index in [1.54, 1.807) is 0 Å². The van der Waals surface area contributed by atoms with Crippen molar-refractivity contribution in [2.24, 2.45) is 0 Å². The molecular formula is C19H24ClNO2. The second-order valence-corrected chi connectivity index (χ2v) is 6.22. The fourth-order valence-corrected chi connectivity index (χ4v) is 2.39. The van der Waals surface area contributed by atoms with Crippen LogP contribution in [0.4, 0.5) is 5.69 Å². The van der Waals surface area contributed by atoms with E-state index < -0.39 is 0 Å². The first-order chi connectivity index (χ1) is 11.0. The third-order valence-corrected chi connectivity index (χ3v) is 3.93. The van der Waals surface area contributed by atoms with Gasteiger partial charge in [-0.2, -0.15) is 0 Å². The highest BCUT2D eigenvalue weighted by molar-refractivity contribution is 6.32. The number of rotatable bonds is 7. The van der Waals surface area contributed by atoms with E-state index in [1.807, 2.05) is 64.1 Å². The molecule has 0 heterocycles. The SMILES string of the molecule is Cc1cc(OCCNc2ccc(OC(C)C)cc2)cc(C)c1Cl. The lowest BCUT2D eigenvalue weighted by atomic mass is 10.1. The Balaban J connectivity index is 1.79. The van der Waals surface area contributed by atoms with Crippen LogP contribution in [-0.2, 0) is 0 Å². The van der Waals surface area contributed by atoms with E-state index in [-0.39, 0.29) is 6.10 Å². The average Bonchev–Trinajstić information content (AvgIpc) is 2.50. The topological polar surface area (TPSA) is 30.5 Å². The smallest absolute Gasteiger partial charge is 0.120 e. The summed E-state index contributed by atoms with van der Waals surface area (Å²) >= 11 is 6.16. The minimum absolute atomic E-state index is 0.188. The van der Waals surface area contributed by atoms with E-state index in [0.29, 0.717) is 6.61 Å². The number of nitrogens with one attached hydrogen (secondary N) is 1. The van der Waals surface area contributed by atoms with Crippen LogP contribution in [0.2, 0.25) is 5.02 Å². The van der Waals surface area contributed by atoms with Crippen molar-refractivity contribution in [2.75, 3.05) is 18.5 Å². The van der Waals surface area contributed by atoms with Gasteiger partial charge in [0.05, 0.1) is 6.10 Å². The molecule has 3 nitrogen and oxygen atoms in total. The minimum atomic E-state index is 0.188. The van der Waals surface area contributed by atoms with E-state index in [9.17, 15) is 0 Å². The van der Waals surface area contributed by atoms with Crippen molar-refractivity contribution in [1.29, 1.82) is 0 Å². The van der Waals surface area contributed by atoms with Crippen LogP contribution in [0, 0.1) is 13.8 Å². The van der Waals surface area contributed by atoms with Crippen LogP contribution in [0.25, 0.3) is 0 Å². The molecule has 0 aliphatic carbocycles. The summed E-state index contributed by atoms with van der Waals surface area (Å²) in [4.78, 5) is 0. The molecule has 0 saturated heterocycles. The molecule has 0 spiro atoms. The fraction of sp³-hybridized carbons (Fsp3) is 0.368. The molecule has 2 aromatic rings. The van der Waals surface area contributed by atoms with Gasteiger partial charge in [-0.15, -0.1) is 0 Å². The van der Waals surface area contributed by atoms with Gasteiger partial charge in [0.25, 0.3) is 0 Å². The first-order valence-electron chi connectivity index (χ1n) is 7.86. The predicted octanol–water partition coefficient (Wildman–Crippen LogP) is 5.23. The third-order valence-electron chi connectivity index (χ3n) is 3.34. The highest BCUT2D eigenvalue weighted by atomic mass is 35.5. The normalized spacial score (nSPS) is 10.7. The number of hydrogen-bond donors (Lipinski definition) is 1. The van der Waals surface area contributed by atoms with Crippen LogP contribution in [-0.4, -0.2) is 19.3 Å². The van der Waals surface area contributed by atoms with Gasteiger partial charge in [0.15, 0.2) is 0 Å². The fourth-order valence-electron chi connectivity index (χ4n) is 2.28. The van der Waals surface area contributed by atoms with Gasteiger partial charge < -0.3 is 14.8 Å². The minimum Gasteiger partial charge on any atom is -0.492 e. The van der Waals surface area contributed by atoms with Crippen molar-refractivity contribution in [3.05, 3.63) is 52.5 Å². The first kappa shape index (κ1) is 17.5. The monoisotopic (exact) mass is 333 g/mol. The Labute approximate surface area is 143 Å². The first-order valence-corrected chi connectivity index (χ1v) is 8.23. The maximum Gasteiger partial charge on any atom is 0.120 e. The molecule has 4 heteroatoms. The molecule has 1 N–H and O–H groups in total. The van der Waals surface area contributed by atoms with E-state index in [2.05, 4.69) is 5.32 Å². The molecule has 0 unspecified atom stereocenters. The summed E-state index contributed by atoms with van der Waals surface area (Å²) in [7, 11) is 0. The van der Waals surface area contributed by atoms with Crippen molar-refractivity contribution in [3.8, 4) is 11.5 Å². The van der Waals surface area contributed by atoms with Crippen LogP contribution in [0.3, 0.4) is 0 Å². The highest BCUT2D eigenvalue weighted by Crippen LogP contribution is 2.25. The summed E-state index contributed by atoms with van der Waals surface area (Å²) in [5, 5.41) is 4.13. The van der Waals surface area contributed by atoms with Crippen molar-refractivity contribution in [2.45, 2.75) is 33.8 Å². The molecule has 0 aliphatic heterocycles. The van der Waals surface area contributed by atoms with Crippen LogP contribution < -0.4 is 14.8 Å². The van der Waals surface area contributed by atoms with Gasteiger partial charge in [-0.1, -0.05) is 11.6 Å². The van der Waals surface area contributed by atoms with E-state index in [4.69, 9.17) is 21.1 Å². The van der Waals surface area contributed by atoms with Gasteiger partial charge in [-0.25, -0.2) is 0 Å². The standard InChI is InChI=1S/C19H24ClNO2/c1-13(2)23-17-7-5-16(6-8-17)21-9-10-22-18-11-14(3)19(20)15(4)12-18/h5-8,11-13,21H,9-10H2,1-4H3. The zero-order chi connectivity index (χ0) is 16.8. The van der Waals surface area contributed by atoms with Crippen molar-refractivity contribution >= 4 is 17.3 Å². The molecule has 0 fully saturated rings.